The van der Waals surface area contributed by atoms with Gasteiger partial charge in [0.05, 0.1) is 0 Å². The highest BCUT2D eigenvalue weighted by Crippen LogP contribution is 2.25. The van der Waals surface area contributed by atoms with E-state index in [1.807, 2.05) is 0 Å². The van der Waals surface area contributed by atoms with Gasteiger partial charge in [0.1, 0.15) is 0 Å². The number of carboxylic acids is 1. The van der Waals surface area contributed by atoms with Crippen molar-refractivity contribution in [3.63, 3.8) is 0 Å². The summed E-state index contributed by atoms with van der Waals surface area (Å²) in [6.07, 6.45) is -4.77. The molecule has 0 rings (SSSR count). The van der Waals surface area contributed by atoms with E-state index in [1.54, 1.807) is 0 Å². The number of halogens is 3. The lowest BCUT2D eigenvalue weighted by Crippen LogP contribution is -2.41. The van der Waals surface area contributed by atoms with Gasteiger partial charge in [-0.3, -0.25) is 9.59 Å². The van der Waals surface area contributed by atoms with Gasteiger partial charge < -0.3 is 15.7 Å². The second-order valence-electron chi connectivity index (χ2n) is 3.12. The lowest BCUT2D eigenvalue weighted by atomic mass is 10.1. The fraction of sp³-hybridized carbons (Fsp3) is 0.750. The fourth-order valence-corrected chi connectivity index (χ4v) is 0.916. The van der Waals surface area contributed by atoms with Crippen molar-refractivity contribution in [1.29, 1.82) is 0 Å². The second kappa shape index (κ2) is 6.31. The lowest BCUT2D eigenvalue weighted by Gasteiger charge is -2.16. The summed E-state index contributed by atoms with van der Waals surface area (Å²) in [7, 11) is 0. The lowest BCUT2D eigenvalue weighted by molar-refractivity contribution is -0.192. The van der Waals surface area contributed by atoms with Crippen LogP contribution in [-0.4, -0.2) is 42.8 Å². The van der Waals surface area contributed by atoms with Crippen molar-refractivity contribution in [2.75, 3.05) is 19.6 Å². The van der Waals surface area contributed by atoms with Gasteiger partial charge in [0.15, 0.2) is 5.92 Å². The maximum Gasteiger partial charge on any atom is 0.403 e. The van der Waals surface area contributed by atoms with Crippen molar-refractivity contribution >= 4 is 11.9 Å². The SMILES string of the molecule is CC(=O)NCCNCC(C(=O)O)C(F)(F)F. The molecule has 0 aromatic carbocycles. The minimum absolute atomic E-state index is 0.0828. The normalized spacial score (nSPS) is 13.2. The van der Waals surface area contributed by atoms with Gasteiger partial charge in [-0.1, -0.05) is 0 Å². The number of hydrogen-bond donors (Lipinski definition) is 3. The Morgan fingerprint density at radius 1 is 1.31 bits per heavy atom. The molecule has 0 aliphatic heterocycles. The van der Waals surface area contributed by atoms with Crippen molar-refractivity contribution in [2.45, 2.75) is 13.1 Å². The number of alkyl halides is 3. The third-order valence-electron chi connectivity index (χ3n) is 1.72. The van der Waals surface area contributed by atoms with E-state index in [0.29, 0.717) is 0 Å². The number of nitrogens with one attached hydrogen (secondary N) is 2. The number of carbonyl (C=O) groups excluding carboxylic acids is 1. The molecule has 16 heavy (non-hydrogen) atoms. The van der Waals surface area contributed by atoms with E-state index in [9.17, 15) is 22.8 Å². The van der Waals surface area contributed by atoms with Gasteiger partial charge in [-0.05, 0) is 0 Å². The average Bonchev–Trinajstić information content (AvgIpc) is 2.07. The van der Waals surface area contributed by atoms with Gasteiger partial charge in [-0.15, -0.1) is 0 Å². The van der Waals surface area contributed by atoms with Crippen LogP contribution in [0.1, 0.15) is 6.92 Å². The van der Waals surface area contributed by atoms with Crippen molar-refractivity contribution in [2.24, 2.45) is 5.92 Å². The van der Waals surface area contributed by atoms with Crippen LogP contribution in [0.2, 0.25) is 0 Å². The van der Waals surface area contributed by atoms with Gasteiger partial charge in [0, 0.05) is 26.6 Å². The third kappa shape index (κ3) is 6.23. The zero-order chi connectivity index (χ0) is 12.8. The zero-order valence-electron chi connectivity index (χ0n) is 8.60. The summed E-state index contributed by atoms with van der Waals surface area (Å²) in [6.45, 7) is 0.799. The molecule has 0 bridgehead atoms. The molecule has 0 aromatic heterocycles. The summed E-state index contributed by atoms with van der Waals surface area (Å²) < 4.78 is 36.4. The number of aliphatic carboxylic acids is 1. The zero-order valence-corrected chi connectivity index (χ0v) is 8.60. The van der Waals surface area contributed by atoms with Crippen LogP contribution in [0.3, 0.4) is 0 Å². The number of rotatable bonds is 6. The first-order chi connectivity index (χ1) is 7.25. The van der Waals surface area contributed by atoms with Crippen LogP contribution in [0.4, 0.5) is 13.2 Å². The number of hydrogen-bond acceptors (Lipinski definition) is 3. The summed E-state index contributed by atoms with van der Waals surface area (Å²) in [5.74, 6) is -4.64. The monoisotopic (exact) mass is 242 g/mol. The number of carboxylic acid groups (broad SMARTS) is 1. The molecule has 8 heteroatoms. The van der Waals surface area contributed by atoms with Gasteiger partial charge in [0.2, 0.25) is 5.91 Å². The van der Waals surface area contributed by atoms with Crippen LogP contribution >= 0.6 is 0 Å². The Morgan fingerprint density at radius 3 is 2.25 bits per heavy atom. The minimum atomic E-state index is -4.77. The highest BCUT2D eigenvalue weighted by atomic mass is 19.4. The second-order valence-corrected chi connectivity index (χ2v) is 3.12. The molecule has 5 nitrogen and oxygen atoms in total. The van der Waals surface area contributed by atoms with Crippen molar-refractivity contribution in [1.82, 2.24) is 10.6 Å². The molecular formula is C8H13F3N2O3. The molecule has 3 N–H and O–H groups in total. The predicted octanol–water partition coefficient (Wildman–Crippen LogP) is -0.0248. The molecule has 0 radical (unpaired) electrons. The molecule has 0 aliphatic rings. The Balaban J connectivity index is 3.87. The van der Waals surface area contributed by atoms with Crippen LogP contribution in [-0.2, 0) is 9.59 Å². The summed E-state index contributed by atoms with van der Waals surface area (Å²) in [4.78, 5) is 20.7. The Kier molecular flexibility index (Phi) is 5.79. The highest BCUT2D eigenvalue weighted by molar-refractivity contribution is 5.72. The summed E-state index contributed by atoms with van der Waals surface area (Å²) in [5.41, 5.74) is 0. The molecule has 0 aliphatic carbocycles. The molecule has 1 amide bonds. The van der Waals surface area contributed by atoms with Gasteiger partial charge >= 0.3 is 12.1 Å². The van der Waals surface area contributed by atoms with E-state index >= 15 is 0 Å². The molecule has 1 atom stereocenters. The maximum atomic E-state index is 12.1. The smallest absolute Gasteiger partial charge is 0.403 e. The first-order valence-electron chi connectivity index (χ1n) is 4.50. The average molecular weight is 242 g/mol. The molecule has 0 aromatic rings. The van der Waals surface area contributed by atoms with Crippen LogP contribution in [0.5, 0.6) is 0 Å². The fourth-order valence-electron chi connectivity index (χ4n) is 0.916. The van der Waals surface area contributed by atoms with E-state index in [-0.39, 0.29) is 19.0 Å². The molecule has 0 fully saturated rings. The Bertz CT molecular complexity index is 255. The highest BCUT2D eigenvalue weighted by Gasteiger charge is 2.44. The Hall–Kier alpha value is -1.31. The largest absolute Gasteiger partial charge is 0.481 e. The third-order valence-corrected chi connectivity index (χ3v) is 1.72. The van der Waals surface area contributed by atoms with E-state index < -0.39 is 24.6 Å². The first-order valence-corrected chi connectivity index (χ1v) is 4.50. The summed E-state index contributed by atoms with van der Waals surface area (Å²) in [5, 5.41) is 13.0. The van der Waals surface area contributed by atoms with Gasteiger partial charge in [-0.25, -0.2) is 0 Å². The van der Waals surface area contributed by atoms with Crippen molar-refractivity contribution in [3.05, 3.63) is 0 Å². The first kappa shape index (κ1) is 14.7. The maximum absolute atomic E-state index is 12.1. The molecule has 0 spiro atoms. The van der Waals surface area contributed by atoms with E-state index in [1.165, 1.54) is 6.92 Å². The van der Waals surface area contributed by atoms with Crippen LogP contribution in [0, 0.1) is 5.92 Å². The molecule has 0 saturated carbocycles. The van der Waals surface area contributed by atoms with Crippen LogP contribution < -0.4 is 10.6 Å². The number of carbonyl (C=O) groups is 2. The molecule has 1 unspecified atom stereocenters. The topological polar surface area (TPSA) is 78.4 Å². The Morgan fingerprint density at radius 2 is 1.88 bits per heavy atom. The predicted molar refractivity (Wildman–Crippen MR) is 48.7 cm³/mol. The van der Waals surface area contributed by atoms with Gasteiger partial charge in [-0.2, -0.15) is 13.2 Å². The molecular weight excluding hydrogens is 229 g/mol. The summed E-state index contributed by atoms with van der Waals surface area (Å²) in [6, 6.07) is 0. The minimum Gasteiger partial charge on any atom is -0.481 e. The van der Waals surface area contributed by atoms with Crippen molar-refractivity contribution < 1.29 is 27.9 Å². The van der Waals surface area contributed by atoms with E-state index in [0.717, 1.165) is 0 Å². The van der Waals surface area contributed by atoms with E-state index in [4.69, 9.17) is 5.11 Å². The van der Waals surface area contributed by atoms with Gasteiger partial charge in [0.25, 0.3) is 0 Å². The van der Waals surface area contributed by atoms with Crippen LogP contribution in [0.15, 0.2) is 0 Å². The molecule has 94 valence electrons. The molecule has 0 saturated heterocycles. The summed E-state index contributed by atoms with van der Waals surface area (Å²) >= 11 is 0. The standard InChI is InChI=1S/C8H13F3N2O3/c1-5(14)13-3-2-12-4-6(7(15)16)8(9,10)11/h6,12H,2-4H2,1H3,(H,13,14)(H,15,16). The number of amides is 1. The van der Waals surface area contributed by atoms with Crippen molar-refractivity contribution in [3.8, 4) is 0 Å². The Labute approximate surface area is 90.0 Å². The quantitative estimate of drug-likeness (QED) is 0.572. The molecule has 0 heterocycles. The van der Waals surface area contributed by atoms with Crippen LogP contribution in [0.25, 0.3) is 0 Å². The van der Waals surface area contributed by atoms with E-state index in [2.05, 4.69) is 10.6 Å².